The maximum Gasteiger partial charge on any atom is 0.311 e. The monoisotopic (exact) mass is 699 g/mol. The second-order valence-electron chi connectivity index (χ2n) is 15.1. The molecule has 0 aromatic heterocycles. The molecule has 2 rings (SSSR count). The first-order valence-electron chi connectivity index (χ1n) is 20.0. The molecule has 0 aliphatic carbocycles. The third kappa shape index (κ3) is 19.7. The summed E-state index contributed by atoms with van der Waals surface area (Å²) in [6.45, 7) is 9.16. The molecule has 0 aliphatic rings. The molecule has 5 heteroatoms. The van der Waals surface area contributed by atoms with E-state index in [2.05, 4.69) is 45.9 Å². The highest BCUT2D eigenvalue weighted by Crippen LogP contribution is 2.34. The highest BCUT2D eigenvalue weighted by Gasteiger charge is 2.16. The Morgan fingerprint density at radius 3 is 1.61 bits per heavy atom. The minimum absolute atomic E-state index is 0.107. The first kappa shape index (κ1) is 43.0. The Kier molecular flexibility index (Phi) is 23.3. The molecule has 0 fully saturated rings. The van der Waals surface area contributed by atoms with Gasteiger partial charge in [-0.3, -0.25) is 4.79 Å². The SMILES string of the molecule is COc1ccc(CCCCCCCCCCCCC(=O)Oc2cc(CCCC(C)C)cc(OC)c2CCCCCCCCC(C)C)cc1Cl. The van der Waals surface area contributed by atoms with Gasteiger partial charge in [-0.2, -0.15) is 0 Å². The molecular weight excluding hydrogens is 628 g/mol. The van der Waals surface area contributed by atoms with Crippen molar-refractivity contribution in [3.8, 4) is 17.2 Å². The lowest BCUT2D eigenvalue weighted by atomic mass is 9.97. The molecule has 0 bridgehead atoms. The minimum atomic E-state index is -0.107. The molecule has 0 atom stereocenters. The lowest BCUT2D eigenvalue weighted by Gasteiger charge is -2.17. The van der Waals surface area contributed by atoms with Crippen LogP contribution in [0.3, 0.4) is 0 Å². The third-order valence-electron chi connectivity index (χ3n) is 9.69. The second-order valence-corrected chi connectivity index (χ2v) is 15.5. The molecule has 278 valence electrons. The first-order chi connectivity index (χ1) is 23.7. The van der Waals surface area contributed by atoms with Crippen LogP contribution in [0.4, 0.5) is 0 Å². The summed E-state index contributed by atoms with van der Waals surface area (Å²) in [7, 11) is 3.40. The number of carbonyl (C=O) groups excluding carboxylic acids is 1. The van der Waals surface area contributed by atoms with E-state index in [1.165, 1.54) is 107 Å². The van der Waals surface area contributed by atoms with Gasteiger partial charge in [0.2, 0.25) is 0 Å². The van der Waals surface area contributed by atoms with Crippen molar-refractivity contribution in [1.29, 1.82) is 0 Å². The zero-order valence-electron chi connectivity index (χ0n) is 32.3. The van der Waals surface area contributed by atoms with E-state index >= 15 is 0 Å². The summed E-state index contributed by atoms with van der Waals surface area (Å²) >= 11 is 6.25. The predicted molar refractivity (Wildman–Crippen MR) is 210 cm³/mol. The fourth-order valence-corrected chi connectivity index (χ4v) is 6.95. The second kappa shape index (κ2) is 26.6. The van der Waals surface area contributed by atoms with E-state index in [9.17, 15) is 4.79 Å². The van der Waals surface area contributed by atoms with Crippen LogP contribution in [0.25, 0.3) is 0 Å². The number of unbranched alkanes of at least 4 members (excludes halogenated alkanes) is 14. The van der Waals surface area contributed by atoms with Crippen LogP contribution < -0.4 is 14.2 Å². The van der Waals surface area contributed by atoms with E-state index in [4.69, 9.17) is 25.8 Å². The van der Waals surface area contributed by atoms with Gasteiger partial charge >= 0.3 is 5.97 Å². The van der Waals surface area contributed by atoms with E-state index in [1.54, 1.807) is 14.2 Å². The van der Waals surface area contributed by atoms with Crippen LogP contribution in [0.5, 0.6) is 17.2 Å². The van der Waals surface area contributed by atoms with Crippen molar-refractivity contribution < 1.29 is 19.0 Å². The number of methoxy groups -OCH3 is 2. The molecule has 2 aromatic rings. The molecule has 0 N–H and O–H groups in total. The summed E-state index contributed by atoms with van der Waals surface area (Å²) in [4.78, 5) is 13.0. The number of esters is 1. The van der Waals surface area contributed by atoms with E-state index < -0.39 is 0 Å². The molecule has 0 heterocycles. The van der Waals surface area contributed by atoms with Gasteiger partial charge in [-0.1, -0.05) is 142 Å². The maximum absolute atomic E-state index is 13.0. The van der Waals surface area contributed by atoms with Crippen LogP contribution in [0.1, 0.15) is 173 Å². The van der Waals surface area contributed by atoms with Gasteiger partial charge in [-0.15, -0.1) is 0 Å². The van der Waals surface area contributed by atoms with Crippen molar-refractivity contribution in [2.75, 3.05) is 14.2 Å². The molecule has 0 saturated heterocycles. The topological polar surface area (TPSA) is 44.8 Å². The standard InChI is InChI=1S/C44H71ClO4/c1-35(2)24-19-15-13-14-17-21-28-39-42(48-6)33-38(27-23-25-36(3)4)34-43(39)49-44(46)29-22-18-12-10-8-7-9-11-16-20-26-37-30-31-41(47-5)40(45)32-37/h30-36H,7-29H2,1-6H3. The Morgan fingerprint density at radius 2 is 1.04 bits per heavy atom. The van der Waals surface area contributed by atoms with E-state index in [-0.39, 0.29) is 5.97 Å². The highest BCUT2D eigenvalue weighted by atomic mass is 35.5. The van der Waals surface area contributed by atoms with Gasteiger partial charge in [0.25, 0.3) is 0 Å². The van der Waals surface area contributed by atoms with Crippen molar-refractivity contribution in [2.45, 2.75) is 175 Å². The van der Waals surface area contributed by atoms with Crippen LogP contribution in [-0.2, 0) is 24.1 Å². The average molecular weight is 700 g/mol. The first-order valence-corrected chi connectivity index (χ1v) is 20.3. The fraction of sp³-hybridized carbons (Fsp3) is 0.705. The lowest BCUT2D eigenvalue weighted by Crippen LogP contribution is -2.10. The number of carbonyl (C=O) groups is 1. The van der Waals surface area contributed by atoms with Gasteiger partial charge in [-0.05, 0) is 92.2 Å². The summed E-state index contributed by atoms with van der Waals surface area (Å²) in [5, 5.41) is 0.698. The van der Waals surface area contributed by atoms with Crippen LogP contribution in [0, 0.1) is 11.8 Å². The maximum atomic E-state index is 13.0. The molecule has 0 amide bonds. The smallest absolute Gasteiger partial charge is 0.311 e. The fourth-order valence-electron chi connectivity index (χ4n) is 6.67. The van der Waals surface area contributed by atoms with Crippen molar-refractivity contribution in [3.05, 3.63) is 52.0 Å². The Bertz CT molecular complexity index is 1160. The number of aryl methyl sites for hydroxylation is 2. The van der Waals surface area contributed by atoms with Crippen molar-refractivity contribution in [2.24, 2.45) is 11.8 Å². The molecule has 2 aromatic carbocycles. The molecular formula is C44H71ClO4. The summed E-state index contributed by atoms with van der Waals surface area (Å²) in [5.74, 6) is 3.73. The number of benzene rings is 2. The Hall–Kier alpha value is -2.20. The summed E-state index contributed by atoms with van der Waals surface area (Å²) in [5.41, 5.74) is 3.55. The molecule has 49 heavy (non-hydrogen) atoms. The Morgan fingerprint density at radius 1 is 0.551 bits per heavy atom. The molecule has 0 radical (unpaired) electrons. The van der Waals surface area contributed by atoms with Crippen molar-refractivity contribution in [1.82, 2.24) is 0 Å². The van der Waals surface area contributed by atoms with Gasteiger partial charge in [0.1, 0.15) is 17.2 Å². The van der Waals surface area contributed by atoms with E-state index in [0.29, 0.717) is 17.4 Å². The van der Waals surface area contributed by atoms with Gasteiger partial charge in [-0.25, -0.2) is 0 Å². The van der Waals surface area contributed by atoms with Crippen molar-refractivity contribution in [3.63, 3.8) is 0 Å². The van der Waals surface area contributed by atoms with Gasteiger partial charge in [0.15, 0.2) is 0 Å². The highest BCUT2D eigenvalue weighted by molar-refractivity contribution is 6.32. The van der Waals surface area contributed by atoms with E-state index in [0.717, 1.165) is 73.7 Å². The minimum Gasteiger partial charge on any atom is -0.496 e. The number of halogens is 1. The third-order valence-corrected chi connectivity index (χ3v) is 9.98. The van der Waals surface area contributed by atoms with Crippen LogP contribution in [0.15, 0.2) is 30.3 Å². The normalized spacial score (nSPS) is 11.4. The van der Waals surface area contributed by atoms with Crippen LogP contribution in [-0.4, -0.2) is 20.2 Å². The zero-order valence-corrected chi connectivity index (χ0v) is 33.1. The molecule has 0 spiro atoms. The Labute approximate surface area is 306 Å². The molecule has 0 saturated carbocycles. The van der Waals surface area contributed by atoms with E-state index in [1.807, 2.05) is 12.1 Å². The number of hydrogen-bond acceptors (Lipinski definition) is 4. The van der Waals surface area contributed by atoms with Gasteiger partial charge in [0, 0.05) is 12.0 Å². The van der Waals surface area contributed by atoms with Crippen LogP contribution in [0.2, 0.25) is 5.02 Å². The van der Waals surface area contributed by atoms with Gasteiger partial charge in [0.05, 0.1) is 19.2 Å². The number of rotatable bonds is 29. The summed E-state index contributed by atoms with van der Waals surface area (Å²) in [6, 6.07) is 10.4. The average Bonchev–Trinajstić information content (AvgIpc) is 3.06. The zero-order chi connectivity index (χ0) is 35.7. The quantitative estimate of drug-likeness (QED) is 0.0482. The Balaban J connectivity index is 1.69. The largest absolute Gasteiger partial charge is 0.496 e. The predicted octanol–water partition coefficient (Wildman–Crippen LogP) is 13.7. The van der Waals surface area contributed by atoms with Crippen molar-refractivity contribution >= 4 is 17.6 Å². The molecule has 0 unspecified atom stereocenters. The summed E-state index contributed by atoms with van der Waals surface area (Å²) < 4.78 is 17.2. The number of ether oxygens (including phenoxy) is 3. The summed E-state index contributed by atoms with van der Waals surface area (Å²) in [6.07, 6.45) is 26.7. The lowest BCUT2D eigenvalue weighted by molar-refractivity contribution is -0.134. The molecule has 4 nitrogen and oxygen atoms in total. The van der Waals surface area contributed by atoms with Crippen LogP contribution >= 0.6 is 11.6 Å². The molecule has 0 aliphatic heterocycles. The van der Waals surface area contributed by atoms with Gasteiger partial charge < -0.3 is 14.2 Å². The number of hydrogen-bond donors (Lipinski definition) is 0.